The topological polar surface area (TPSA) is 45.2 Å². The SMILES string of the molecule is CC(C)CNCc1cc(F)cnc1N1CCS(=O)CC1. The van der Waals surface area contributed by atoms with Crippen molar-refractivity contribution in [1.29, 1.82) is 0 Å². The van der Waals surface area contributed by atoms with Crippen LogP contribution >= 0.6 is 0 Å². The molecule has 1 saturated heterocycles. The second-order valence-electron chi connectivity index (χ2n) is 5.50. The molecule has 0 saturated carbocycles. The van der Waals surface area contributed by atoms with E-state index in [1.807, 2.05) is 0 Å². The molecule has 0 aromatic carbocycles. The number of hydrogen-bond donors (Lipinski definition) is 1. The van der Waals surface area contributed by atoms with Gasteiger partial charge in [-0.3, -0.25) is 4.21 Å². The molecule has 1 aliphatic heterocycles. The zero-order valence-corrected chi connectivity index (χ0v) is 12.9. The molecule has 0 amide bonds. The summed E-state index contributed by atoms with van der Waals surface area (Å²) in [5, 5.41) is 3.32. The molecular formula is C14H22FN3OS. The first-order chi connectivity index (χ1) is 9.56. The second-order valence-corrected chi connectivity index (χ2v) is 7.19. The maximum absolute atomic E-state index is 13.4. The molecule has 0 radical (unpaired) electrons. The summed E-state index contributed by atoms with van der Waals surface area (Å²) in [6.07, 6.45) is 1.26. The Balaban J connectivity index is 2.08. The van der Waals surface area contributed by atoms with Crippen molar-refractivity contribution in [2.24, 2.45) is 5.92 Å². The van der Waals surface area contributed by atoms with Crippen molar-refractivity contribution in [2.45, 2.75) is 20.4 Å². The lowest BCUT2D eigenvalue weighted by Gasteiger charge is -2.29. The number of hydrogen-bond acceptors (Lipinski definition) is 4. The number of rotatable bonds is 5. The van der Waals surface area contributed by atoms with Crippen molar-refractivity contribution in [3.8, 4) is 0 Å². The monoisotopic (exact) mass is 299 g/mol. The van der Waals surface area contributed by atoms with Crippen molar-refractivity contribution in [1.82, 2.24) is 10.3 Å². The Bertz CT molecular complexity index is 471. The van der Waals surface area contributed by atoms with Crippen LogP contribution in [0.3, 0.4) is 0 Å². The molecule has 1 N–H and O–H groups in total. The summed E-state index contributed by atoms with van der Waals surface area (Å²) in [7, 11) is -0.716. The van der Waals surface area contributed by atoms with Gasteiger partial charge in [-0.1, -0.05) is 13.8 Å². The van der Waals surface area contributed by atoms with E-state index in [4.69, 9.17) is 0 Å². The van der Waals surface area contributed by atoms with E-state index >= 15 is 0 Å². The summed E-state index contributed by atoms with van der Waals surface area (Å²) in [6.45, 7) is 7.22. The largest absolute Gasteiger partial charge is 0.355 e. The molecule has 0 spiro atoms. The van der Waals surface area contributed by atoms with Crippen LogP contribution in [0.2, 0.25) is 0 Å². The second kappa shape index (κ2) is 7.13. The Labute approximate surface area is 122 Å². The number of anilines is 1. The third kappa shape index (κ3) is 4.24. The average Bonchev–Trinajstić information content (AvgIpc) is 2.40. The fourth-order valence-corrected chi connectivity index (χ4v) is 3.29. The number of halogens is 1. The van der Waals surface area contributed by atoms with E-state index in [2.05, 4.69) is 29.0 Å². The van der Waals surface area contributed by atoms with Crippen molar-refractivity contribution in [2.75, 3.05) is 36.0 Å². The lowest BCUT2D eigenvalue weighted by atomic mass is 10.2. The zero-order valence-electron chi connectivity index (χ0n) is 12.1. The first-order valence-electron chi connectivity index (χ1n) is 7.01. The quantitative estimate of drug-likeness (QED) is 0.896. The normalized spacial score (nSPS) is 16.9. The summed E-state index contributed by atoms with van der Waals surface area (Å²) >= 11 is 0. The highest BCUT2D eigenvalue weighted by molar-refractivity contribution is 7.85. The summed E-state index contributed by atoms with van der Waals surface area (Å²) in [5.41, 5.74) is 0.873. The lowest BCUT2D eigenvalue weighted by Crippen LogP contribution is -2.39. The Morgan fingerprint density at radius 2 is 2.15 bits per heavy atom. The van der Waals surface area contributed by atoms with Gasteiger partial charge in [0.25, 0.3) is 0 Å². The van der Waals surface area contributed by atoms with Crippen LogP contribution in [0.15, 0.2) is 12.3 Å². The standard InChI is InChI=1S/C14H22FN3OS/c1-11(2)8-16-9-12-7-13(15)10-17-14(12)18-3-5-20(19)6-4-18/h7,10-11,16H,3-6,8-9H2,1-2H3. The summed E-state index contributed by atoms with van der Waals surface area (Å²) in [6, 6.07) is 1.54. The summed E-state index contributed by atoms with van der Waals surface area (Å²) in [4.78, 5) is 6.34. The van der Waals surface area contributed by atoms with E-state index in [1.54, 1.807) is 6.07 Å². The maximum Gasteiger partial charge on any atom is 0.141 e. The Kier molecular flexibility index (Phi) is 5.48. The molecule has 2 rings (SSSR count). The molecule has 1 aromatic heterocycles. The van der Waals surface area contributed by atoms with Gasteiger partial charge < -0.3 is 10.2 Å². The molecular weight excluding hydrogens is 277 g/mol. The van der Waals surface area contributed by atoms with Crippen LogP contribution in [0.5, 0.6) is 0 Å². The maximum atomic E-state index is 13.4. The van der Waals surface area contributed by atoms with Crippen LogP contribution in [0.25, 0.3) is 0 Å². The van der Waals surface area contributed by atoms with Gasteiger partial charge in [0.05, 0.1) is 6.20 Å². The van der Waals surface area contributed by atoms with Crippen molar-refractivity contribution in [3.05, 3.63) is 23.6 Å². The van der Waals surface area contributed by atoms with Gasteiger partial charge in [0.2, 0.25) is 0 Å². The van der Waals surface area contributed by atoms with Crippen molar-refractivity contribution in [3.63, 3.8) is 0 Å². The lowest BCUT2D eigenvalue weighted by molar-refractivity contribution is 0.548. The molecule has 112 valence electrons. The molecule has 0 aliphatic carbocycles. The Hall–Kier alpha value is -1.01. The highest BCUT2D eigenvalue weighted by atomic mass is 32.2. The number of pyridine rings is 1. The Morgan fingerprint density at radius 1 is 1.45 bits per heavy atom. The third-order valence-electron chi connectivity index (χ3n) is 3.25. The van der Waals surface area contributed by atoms with E-state index in [1.165, 1.54) is 6.20 Å². The summed E-state index contributed by atoms with van der Waals surface area (Å²) < 4.78 is 24.8. The minimum Gasteiger partial charge on any atom is -0.355 e. The predicted octanol–water partition coefficient (Wildman–Crippen LogP) is 1.53. The fourth-order valence-electron chi connectivity index (χ4n) is 2.23. The molecule has 1 aliphatic rings. The van der Waals surface area contributed by atoms with Crippen LogP contribution in [0, 0.1) is 11.7 Å². The average molecular weight is 299 g/mol. The van der Waals surface area contributed by atoms with Crippen LogP contribution in [0.4, 0.5) is 10.2 Å². The van der Waals surface area contributed by atoms with Gasteiger partial charge in [-0.15, -0.1) is 0 Å². The molecule has 6 heteroatoms. The van der Waals surface area contributed by atoms with E-state index in [0.29, 0.717) is 24.0 Å². The van der Waals surface area contributed by atoms with Gasteiger partial charge in [-0.25, -0.2) is 9.37 Å². The summed E-state index contributed by atoms with van der Waals surface area (Å²) in [5.74, 6) is 2.39. The highest BCUT2D eigenvalue weighted by Gasteiger charge is 2.19. The van der Waals surface area contributed by atoms with Crippen LogP contribution < -0.4 is 10.2 Å². The minimum absolute atomic E-state index is 0.310. The predicted molar refractivity (Wildman–Crippen MR) is 80.8 cm³/mol. The van der Waals surface area contributed by atoms with E-state index in [9.17, 15) is 8.60 Å². The minimum atomic E-state index is -0.716. The van der Waals surface area contributed by atoms with Crippen molar-refractivity contribution < 1.29 is 8.60 Å². The van der Waals surface area contributed by atoms with E-state index < -0.39 is 10.8 Å². The molecule has 2 heterocycles. The van der Waals surface area contributed by atoms with Crippen molar-refractivity contribution >= 4 is 16.6 Å². The van der Waals surface area contributed by atoms with Gasteiger partial charge in [0.1, 0.15) is 11.6 Å². The number of aromatic nitrogens is 1. The Morgan fingerprint density at radius 3 is 2.80 bits per heavy atom. The molecule has 20 heavy (non-hydrogen) atoms. The van der Waals surface area contributed by atoms with Gasteiger partial charge in [-0.2, -0.15) is 0 Å². The van der Waals surface area contributed by atoms with Gasteiger partial charge in [0, 0.05) is 47.5 Å². The van der Waals surface area contributed by atoms with Gasteiger partial charge in [-0.05, 0) is 18.5 Å². The van der Waals surface area contributed by atoms with Crippen LogP contribution in [-0.4, -0.2) is 40.3 Å². The molecule has 1 aromatic rings. The molecule has 1 fully saturated rings. The van der Waals surface area contributed by atoms with Crippen LogP contribution in [0.1, 0.15) is 19.4 Å². The number of nitrogens with zero attached hydrogens (tertiary/aromatic N) is 2. The van der Waals surface area contributed by atoms with Gasteiger partial charge >= 0.3 is 0 Å². The van der Waals surface area contributed by atoms with E-state index in [0.717, 1.165) is 31.0 Å². The first-order valence-corrected chi connectivity index (χ1v) is 8.50. The van der Waals surface area contributed by atoms with E-state index in [-0.39, 0.29) is 5.82 Å². The number of nitrogens with one attached hydrogen (secondary N) is 1. The zero-order chi connectivity index (χ0) is 14.5. The van der Waals surface area contributed by atoms with Crippen LogP contribution in [-0.2, 0) is 17.3 Å². The molecule has 0 bridgehead atoms. The highest BCUT2D eigenvalue weighted by Crippen LogP contribution is 2.20. The smallest absolute Gasteiger partial charge is 0.141 e. The van der Waals surface area contributed by atoms with Gasteiger partial charge in [0.15, 0.2) is 0 Å². The molecule has 0 unspecified atom stereocenters. The fraction of sp³-hybridized carbons (Fsp3) is 0.643. The first kappa shape index (κ1) is 15.4. The molecule has 4 nitrogen and oxygen atoms in total. The molecule has 0 atom stereocenters. The third-order valence-corrected chi connectivity index (χ3v) is 4.53.